The van der Waals surface area contributed by atoms with Crippen LogP contribution in [0.1, 0.15) is 26.3 Å². The van der Waals surface area contributed by atoms with Gasteiger partial charge in [0.25, 0.3) is 0 Å². The van der Waals surface area contributed by atoms with Gasteiger partial charge in [0.15, 0.2) is 0 Å². The molecule has 0 fully saturated rings. The third-order valence-electron chi connectivity index (χ3n) is 4.42. The van der Waals surface area contributed by atoms with Crippen LogP contribution in [0.5, 0.6) is 0 Å². The highest BCUT2D eigenvalue weighted by atomic mass is 15.5. The topological polar surface area (TPSA) is 28.2 Å². The number of hydrazine groups is 1. The second-order valence-corrected chi connectivity index (χ2v) is 6.87. The summed E-state index contributed by atoms with van der Waals surface area (Å²) in [5.74, 6) is 1.21. The summed E-state index contributed by atoms with van der Waals surface area (Å²) in [5, 5.41) is 2.12. The number of nitrogens with zero attached hydrogens (tertiary/aromatic N) is 2. The SMILES string of the molecule is C=C(C)NN(C)CC(C)C(C)Cc1ccc(-c2cccnc2)cc1. The minimum Gasteiger partial charge on any atom is -0.324 e. The van der Waals surface area contributed by atoms with Gasteiger partial charge in [0.05, 0.1) is 0 Å². The van der Waals surface area contributed by atoms with Gasteiger partial charge < -0.3 is 5.43 Å². The van der Waals surface area contributed by atoms with E-state index in [0.717, 1.165) is 24.2 Å². The van der Waals surface area contributed by atoms with E-state index in [0.29, 0.717) is 11.8 Å². The standard InChI is InChI=1S/C21H29N3/c1-16(2)23-24(5)15-18(4)17(3)13-19-8-10-20(11-9-19)21-7-6-12-22-14-21/h6-12,14,17-18,23H,1,13,15H2,2-5H3. The van der Waals surface area contributed by atoms with Crippen molar-refractivity contribution in [3.63, 3.8) is 0 Å². The Morgan fingerprint density at radius 1 is 1.12 bits per heavy atom. The van der Waals surface area contributed by atoms with E-state index in [1.807, 2.05) is 19.2 Å². The molecular formula is C21H29N3. The van der Waals surface area contributed by atoms with Crippen molar-refractivity contribution in [1.29, 1.82) is 0 Å². The summed E-state index contributed by atoms with van der Waals surface area (Å²) in [6.45, 7) is 11.5. The van der Waals surface area contributed by atoms with Gasteiger partial charge in [-0.1, -0.05) is 50.8 Å². The van der Waals surface area contributed by atoms with Crippen molar-refractivity contribution in [2.24, 2.45) is 11.8 Å². The lowest BCUT2D eigenvalue weighted by Gasteiger charge is -2.27. The van der Waals surface area contributed by atoms with Crippen LogP contribution < -0.4 is 5.43 Å². The fourth-order valence-corrected chi connectivity index (χ4v) is 2.92. The summed E-state index contributed by atoms with van der Waals surface area (Å²) in [6.07, 6.45) is 4.81. The van der Waals surface area contributed by atoms with Gasteiger partial charge in [0.1, 0.15) is 0 Å². The molecule has 2 unspecified atom stereocenters. The van der Waals surface area contributed by atoms with E-state index in [9.17, 15) is 0 Å². The number of rotatable bonds is 8. The molecule has 2 atom stereocenters. The zero-order chi connectivity index (χ0) is 17.5. The van der Waals surface area contributed by atoms with Crippen LogP contribution in [-0.4, -0.2) is 23.6 Å². The Bertz CT molecular complexity index is 634. The first-order valence-corrected chi connectivity index (χ1v) is 8.58. The van der Waals surface area contributed by atoms with Crippen molar-refractivity contribution in [2.45, 2.75) is 27.2 Å². The molecule has 0 radical (unpaired) electrons. The van der Waals surface area contributed by atoms with Gasteiger partial charge in [-0.2, -0.15) is 0 Å². The number of aromatic nitrogens is 1. The lowest BCUT2D eigenvalue weighted by molar-refractivity contribution is 0.197. The predicted molar refractivity (Wildman–Crippen MR) is 102 cm³/mol. The number of pyridine rings is 1. The summed E-state index contributed by atoms with van der Waals surface area (Å²) < 4.78 is 0. The fourth-order valence-electron chi connectivity index (χ4n) is 2.92. The van der Waals surface area contributed by atoms with Crippen LogP contribution in [0, 0.1) is 11.8 Å². The van der Waals surface area contributed by atoms with Crippen LogP contribution in [0.25, 0.3) is 11.1 Å². The summed E-state index contributed by atoms with van der Waals surface area (Å²) in [5.41, 5.74) is 8.00. The minimum absolute atomic E-state index is 0.597. The summed E-state index contributed by atoms with van der Waals surface area (Å²) >= 11 is 0. The van der Waals surface area contributed by atoms with E-state index in [1.54, 1.807) is 6.20 Å². The van der Waals surface area contributed by atoms with E-state index in [2.05, 4.69) is 73.2 Å². The highest BCUT2D eigenvalue weighted by molar-refractivity contribution is 5.62. The van der Waals surface area contributed by atoms with Crippen molar-refractivity contribution in [1.82, 2.24) is 15.4 Å². The predicted octanol–water partition coefficient (Wildman–Crippen LogP) is 4.53. The maximum absolute atomic E-state index is 4.19. The molecule has 3 nitrogen and oxygen atoms in total. The van der Waals surface area contributed by atoms with Crippen LogP contribution in [0.15, 0.2) is 61.1 Å². The van der Waals surface area contributed by atoms with Gasteiger partial charge in [0.2, 0.25) is 0 Å². The largest absolute Gasteiger partial charge is 0.324 e. The molecular weight excluding hydrogens is 294 g/mol. The Kier molecular flexibility index (Phi) is 6.56. The zero-order valence-corrected chi connectivity index (χ0v) is 15.3. The first-order chi connectivity index (χ1) is 11.5. The number of benzene rings is 1. The van der Waals surface area contributed by atoms with E-state index < -0.39 is 0 Å². The molecule has 0 spiro atoms. The van der Waals surface area contributed by atoms with Gasteiger partial charge >= 0.3 is 0 Å². The van der Waals surface area contributed by atoms with Gasteiger partial charge in [0, 0.05) is 31.7 Å². The van der Waals surface area contributed by atoms with E-state index in [1.165, 1.54) is 11.1 Å². The van der Waals surface area contributed by atoms with Crippen molar-refractivity contribution in [2.75, 3.05) is 13.6 Å². The number of hydrogen-bond donors (Lipinski definition) is 1. The summed E-state index contributed by atoms with van der Waals surface area (Å²) in [7, 11) is 2.07. The molecule has 1 heterocycles. The van der Waals surface area contributed by atoms with Crippen LogP contribution in [0.2, 0.25) is 0 Å². The van der Waals surface area contributed by atoms with Crippen molar-refractivity contribution >= 4 is 0 Å². The summed E-state index contributed by atoms with van der Waals surface area (Å²) in [6, 6.07) is 12.9. The monoisotopic (exact) mass is 323 g/mol. The van der Waals surface area contributed by atoms with Gasteiger partial charge in [-0.05, 0) is 47.9 Å². The third-order valence-corrected chi connectivity index (χ3v) is 4.42. The minimum atomic E-state index is 0.597. The molecule has 24 heavy (non-hydrogen) atoms. The molecule has 128 valence electrons. The average Bonchev–Trinajstić information content (AvgIpc) is 2.55. The van der Waals surface area contributed by atoms with E-state index in [-0.39, 0.29) is 0 Å². The van der Waals surface area contributed by atoms with Gasteiger partial charge in [-0.25, -0.2) is 5.01 Å². The lowest BCUT2D eigenvalue weighted by atomic mass is 9.89. The average molecular weight is 323 g/mol. The smallest absolute Gasteiger partial charge is 0.0346 e. The molecule has 2 rings (SSSR count). The number of allylic oxidation sites excluding steroid dienone is 1. The molecule has 0 amide bonds. The molecule has 1 aromatic heterocycles. The molecule has 0 saturated carbocycles. The Balaban J connectivity index is 1.92. The van der Waals surface area contributed by atoms with Crippen LogP contribution in [0.4, 0.5) is 0 Å². The van der Waals surface area contributed by atoms with Crippen LogP contribution in [0.3, 0.4) is 0 Å². The zero-order valence-electron chi connectivity index (χ0n) is 15.3. The molecule has 0 saturated heterocycles. The number of nitrogens with one attached hydrogen (secondary N) is 1. The molecule has 0 aliphatic rings. The Hall–Kier alpha value is -2.13. The van der Waals surface area contributed by atoms with Gasteiger partial charge in [-0.3, -0.25) is 4.98 Å². The molecule has 0 bridgehead atoms. The number of hydrogen-bond acceptors (Lipinski definition) is 3. The maximum atomic E-state index is 4.19. The Labute approximate surface area is 146 Å². The van der Waals surface area contributed by atoms with Crippen molar-refractivity contribution < 1.29 is 0 Å². The summed E-state index contributed by atoms with van der Waals surface area (Å²) in [4.78, 5) is 4.19. The normalized spacial score (nSPS) is 13.5. The quantitative estimate of drug-likeness (QED) is 0.723. The Morgan fingerprint density at radius 3 is 2.42 bits per heavy atom. The van der Waals surface area contributed by atoms with E-state index >= 15 is 0 Å². The second-order valence-electron chi connectivity index (χ2n) is 6.87. The van der Waals surface area contributed by atoms with Crippen molar-refractivity contribution in [3.8, 4) is 11.1 Å². The third kappa shape index (κ3) is 5.50. The molecule has 0 aliphatic carbocycles. The molecule has 1 N–H and O–H groups in total. The fraction of sp³-hybridized carbons (Fsp3) is 0.381. The highest BCUT2D eigenvalue weighted by Gasteiger charge is 2.15. The highest BCUT2D eigenvalue weighted by Crippen LogP contribution is 2.22. The molecule has 2 aromatic rings. The molecule has 0 aliphatic heterocycles. The van der Waals surface area contributed by atoms with Crippen LogP contribution >= 0.6 is 0 Å². The maximum Gasteiger partial charge on any atom is 0.0346 e. The first kappa shape index (κ1) is 18.2. The van der Waals surface area contributed by atoms with Crippen LogP contribution in [-0.2, 0) is 6.42 Å². The Morgan fingerprint density at radius 2 is 1.83 bits per heavy atom. The first-order valence-electron chi connectivity index (χ1n) is 8.58. The van der Waals surface area contributed by atoms with Crippen molar-refractivity contribution in [3.05, 3.63) is 66.6 Å². The second kappa shape index (κ2) is 8.65. The molecule has 3 heteroatoms. The van der Waals surface area contributed by atoms with E-state index in [4.69, 9.17) is 0 Å². The molecule has 1 aromatic carbocycles. The van der Waals surface area contributed by atoms with Gasteiger partial charge in [-0.15, -0.1) is 0 Å². The lowest BCUT2D eigenvalue weighted by Crippen LogP contribution is -2.37.